The second-order valence-electron chi connectivity index (χ2n) is 7.85. The lowest BCUT2D eigenvalue weighted by Crippen LogP contribution is -2.19. The van der Waals surface area contributed by atoms with Crippen LogP contribution in [-0.4, -0.2) is 45.9 Å². The molecule has 2 aromatic heterocycles. The van der Waals surface area contributed by atoms with E-state index in [0.717, 1.165) is 18.4 Å². The molecule has 2 heterocycles. The highest BCUT2D eigenvalue weighted by molar-refractivity contribution is 5.92. The Morgan fingerprint density at radius 1 is 1.14 bits per heavy atom. The van der Waals surface area contributed by atoms with E-state index in [4.69, 9.17) is 9.47 Å². The molecule has 0 unspecified atom stereocenters. The predicted octanol–water partition coefficient (Wildman–Crippen LogP) is 4.20. The molecule has 0 aliphatic carbocycles. The number of carboxylic acid groups (broad SMARTS) is 1. The fraction of sp³-hybridized carbons (Fsp3) is 0.231. The lowest BCUT2D eigenvalue weighted by Gasteiger charge is -2.13. The van der Waals surface area contributed by atoms with Crippen LogP contribution in [0.5, 0.6) is 5.75 Å². The molecule has 0 aliphatic rings. The lowest BCUT2D eigenvalue weighted by atomic mass is 10.1. The molecule has 180 valence electrons. The Kier molecular flexibility index (Phi) is 7.37. The first-order valence-corrected chi connectivity index (χ1v) is 11.2. The molecule has 0 radical (unpaired) electrons. The first-order chi connectivity index (χ1) is 17.0. The highest BCUT2D eigenvalue weighted by atomic mass is 16.5. The van der Waals surface area contributed by atoms with E-state index in [1.54, 1.807) is 11.7 Å². The van der Waals surface area contributed by atoms with Crippen LogP contribution in [0.2, 0.25) is 0 Å². The van der Waals surface area contributed by atoms with Crippen LogP contribution >= 0.6 is 0 Å². The molecule has 0 fully saturated rings. The minimum Gasteiger partial charge on any atom is -0.493 e. The Bertz CT molecular complexity index is 1400. The number of fused-ring (bicyclic) bond motifs is 1. The molecular weight excluding hydrogens is 448 g/mol. The van der Waals surface area contributed by atoms with Gasteiger partial charge in [-0.2, -0.15) is 4.98 Å². The number of pyridine rings is 1. The Balaban J connectivity index is 1.71. The first-order valence-electron chi connectivity index (χ1n) is 11.2. The van der Waals surface area contributed by atoms with Gasteiger partial charge in [0.2, 0.25) is 11.4 Å². The van der Waals surface area contributed by atoms with E-state index in [-0.39, 0.29) is 16.9 Å². The Morgan fingerprint density at radius 3 is 2.66 bits per heavy atom. The number of benzene rings is 2. The van der Waals surface area contributed by atoms with Gasteiger partial charge in [0.1, 0.15) is 11.3 Å². The summed E-state index contributed by atoms with van der Waals surface area (Å²) in [7, 11) is 1.65. The van der Waals surface area contributed by atoms with Crippen LogP contribution in [0.4, 0.5) is 11.6 Å². The van der Waals surface area contributed by atoms with Crippen molar-refractivity contribution >= 4 is 28.6 Å². The number of nitrogens with zero attached hydrogens (tertiary/aromatic N) is 3. The molecule has 0 spiro atoms. The number of hydrogen-bond donors (Lipinski definition) is 2. The first kappa shape index (κ1) is 23.9. The van der Waals surface area contributed by atoms with E-state index in [9.17, 15) is 14.7 Å². The Labute approximate surface area is 202 Å². The van der Waals surface area contributed by atoms with Crippen LogP contribution in [0.1, 0.15) is 29.3 Å². The quantitative estimate of drug-likeness (QED) is 0.329. The molecule has 0 saturated carbocycles. The summed E-state index contributed by atoms with van der Waals surface area (Å²) in [6, 6.07) is 15.0. The topological polar surface area (TPSA) is 116 Å². The zero-order valence-electron chi connectivity index (χ0n) is 19.5. The molecule has 9 nitrogen and oxygen atoms in total. The highest BCUT2D eigenvalue weighted by Gasteiger charge is 2.17. The third kappa shape index (κ3) is 5.47. The van der Waals surface area contributed by atoms with Crippen molar-refractivity contribution in [3.63, 3.8) is 0 Å². The number of ether oxygens (including phenoxy) is 2. The van der Waals surface area contributed by atoms with Gasteiger partial charge in [0, 0.05) is 50.0 Å². The normalized spacial score (nSPS) is 10.9. The minimum atomic E-state index is -1.31. The molecule has 2 N–H and O–H groups in total. The van der Waals surface area contributed by atoms with Gasteiger partial charge in [0.25, 0.3) is 0 Å². The molecule has 0 saturated heterocycles. The van der Waals surface area contributed by atoms with E-state index in [1.165, 1.54) is 12.4 Å². The summed E-state index contributed by atoms with van der Waals surface area (Å²) in [5.41, 5.74) is 1.85. The largest absolute Gasteiger partial charge is 0.493 e. The van der Waals surface area contributed by atoms with Gasteiger partial charge < -0.3 is 24.5 Å². The number of aromatic carboxylic acids is 1. The molecule has 4 aromatic rings. The van der Waals surface area contributed by atoms with Crippen LogP contribution in [0.3, 0.4) is 0 Å². The van der Waals surface area contributed by atoms with Crippen molar-refractivity contribution in [2.75, 3.05) is 25.6 Å². The van der Waals surface area contributed by atoms with Crippen molar-refractivity contribution in [2.24, 2.45) is 0 Å². The zero-order valence-corrected chi connectivity index (χ0v) is 19.5. The molecule has 4 rings (SSSR count). The van der Waals surface area contributed by atoms with E-state index >= 15 is 0 Å². The number of carboxylic acids is 1. The Hall–Kier alpha value is -4.24. The van der Waals surface area contributed by atoms with E-state index in [2.05, 4.69) is 22.2 Å². The third-order valence-electron chi connectivity index (χ3n) is 5.45. The summed E-state index contributed by atoms with van der Waals surface area (Å²) < 4.78 is 12.4. The third-order valence-corrected chi connectivity index (χ3v) is 5.45. The summed E-state index contributed by atoms with van der Waals surface area (Å²) in [6.45, 7) is 3.20. The second kappa shape index (κ2) is 10.8. The number of aryl methyl sites for hydroxylation is 1. The van der Waals surface area contributed by atoms with Crippen LogP contribution in [0, 0.1) is 0 Å². The van der Waals surface area contributed by atoms with Gasteiger partial charge >= 0.3 is 5.97 Å². The van der Waals surface area contributed by atoms with Gasteiger partial charge in [0.05, 0.1) is 12.0 Å². The van der Waals surface area contributed by atoms with Gasteiger partial charge in [-0.3, -0.25) is 4.79 Å². The number of rotatable bonds is 10. The molecule has 9 heteroatoms. The molecule has 0 amide bonds. The molecule has 0 bridgehead atoms. The van der Waals surface area contributed by atoms with Gasteiger partial charge in [-0.15, -0.1) is 0 Å². The average molecular weight is 475 g/mol. The van der Waals surface area contributed by atoms with E-state index in [0.29, 0.717) is 36.0 Å². The molecule has 2 aromatic carbocycles. The van der Waals surface area contributed by atoms with Crippen LogP contribution < -0.4 is 15.5 Å². The smallest absolute Gasteiger partial charge is 0.341 e. The van der Waals surface area contributed by atoms with E-state index in [1.807, 2.05) is 48.5 Å². The summed E-state index contributed by atoms with van der Waals surface area (Å²) in [5.74, 6) is -0.360. The summed E-state index contributed by atoms with van der Waals surface area (Å²) >= 11 is 0. The average Bonchev–Trinajstić information content (AvgIpc) is 2.87. The molecular formula is C26H26N4O5. The van der Waals surface area contributed by atoms with Gasteiger partial charge in [0.15, 0.2) is 5.65 Å². The van der Waals surface area contributed by atoms with Crippen molar-refractivity contribution in [2.45, 2.75) is 19.8 Å². The minimum absolute atomic E-state index is 0.116. The monoisotopic (exact) mass is 474 g/mol. The van der Waals surface area contributed by atoms with Crippen LogP contribution in [0.15, 0.2) is 65.7 Å². The zero-order chi connectivity index (χ0) is 24.8. The fourth-order valence-electron chi connectivity index (χ4n) is 3.60. The van der Waals surface area contributed by atoms with Crippen molar-refractivity contribution in [3.8, 4) is 11.4 Å². The Morgan fingerprint density at radius 2 is 1.94 bits per heavy atom. The van der Waals surface area contributed by atoms with Crippen molar-refractivity contribution in [3.05, 3.63) is 82.3 Å². The lowest BCUT2D eigenvalue weighted by molar-refractivity contribution is 0.0695. The summed E-state index contributed by atoms with van der Waals surface area (Å²) in [6.07, 6.45) is 4.30. The van der Waals surface area contributed by atoms with Gasteiger partial charge in [-0.25, -0.2) is 9.78 Å². The molecule has 0 aliphatic heterocycles. The predicted molar refractivity (Wildman–Crippen MR) is 133 cm³/mol. The SMILES string of the molecule is CCc1ccc(-n2cc(C(=O)O)c(=O)c3cnc(Nc4cccc(OCCCOC)c4)nc32)cc1. The summed E-state index contributed by atoms with van der Waals surface area (Å²) in [5, 5.41) is 12.8. The fourth-order valence-corrected chi connectivity index (χ4v) is 3.60. The van der Waals surface area contributed by atoms with Gasteiger partial charge in [-0.1, -0.05) is 25.1 Å². The number of nitrogens with one attached hydrogen (secondary N) is 1. The molecule has 0 atom stereocenters. The maximum Gasteiger partial charge on any atom is 0.341 e. The number of aromatic nitrogens is 3. The van der Waals surface area contributed by atoms with Gasteiger partial charge in [-0.05, 0) is 36.2 Å². The maximum atomic E-state index is 12.8. The van der Waals surface area contributed by atoms with Crippen molar-refractivity contribution < 1.29 is 19.4 Å². The van der Waals surface area contributed by atoms with E-state index < -0.39 is 11.4 Å². The number of hydrogen-bond acceptors (Lipinski definition) is 7. The summed E-state index contributed by atoms with van der Waals surface area (Å²) in [4.78, 5) is 33.3. The second-order valence-corrected chi connectivity index (χ2v) is 7.85. The number of methoxy groups -OCH3 is 1. The highest BCUT2D eigenvalue weighted by Crippen LogP contribution is 2.22. The van der Waals surface area contributed by atoms with Crippen molar-refractivity contribution in [1.82, 2.24) is 14.5 Å². The standard InChI is InChI=1S/C26H26N4O5/c1-3-17-8-10-19(11-9-17)30-16-22(25(32)33)23(31)21-15-27-26(29-24(21)30)28-18-6-4-7-20(14-18)35-13-5-12-34-2/h4,6-11,14-16H,3,5,12-13H2,1-2H3,(H,32,33)(H,27,28,29). The number of anilines is 2. The molecule has 35 heavy (non-hydrogen) atoms. The van der Waals surface area contributed by atoms with Crippen molar-refractivity contribution in [1.29, 1.82) is 0 Å². The van der Waals surface area contributed by atoms with Crippen LogP contribution in [-0.2, 0) is 11.2 Å². The number of carbonyl (C=O) groups is 1. The maximum absolute atomic E-state index is 12.8. The van der Waals surface area contributed by atoms with Crippen LogP contribution in [0.25, 0.3) is 16.7 Å².